The van der Waals surface area contributed by atoms with E-state index in [0.717, 1.165) is 5.57 Å². The van der Waals surface area contributed by atoms with E-state index in [-0.39, 0.29) is 36.6 Å². The van der Waals surface area contributed by atoms with E-state index in [0.29, 0.717) is 17.7 Å². The van der Waals surface area contributed by atoms with E-state index >= 15 is 0 Å². The minimum absolute atomic E-state index is 0.201. The quantitative estimate of drug-likeness (QED) is 0.509. The number of fused-ring (bicyclic) bond motifs is 4. The first-order chi connectivity index (χ1) is 17.7. The van der Waals surface area contributed by atoms with Gasteiger partial charge in [0.25, 0.3) is 0 Å². The molecule has 6 rings (SSSR count). The molecule has 2 aromatic rings. The highest BCUT2D eigenvalue weighted by Gasteiger charge is 2.67. The van der Waals surface area contributed by atoms with Crippen LogP contribution in [0.2, 0.25) is 0 Å². The molecule has 0 radical (unpaired) electrons. The lowest BCUT2D eigenvalue weighted by Gasteiger charge is -2.49. The van der Waals surface area contributed by atoms with Crippen LogP contribution in [0.5, 0.6) is 5.75 Å². The predicted octanol–water partition coefficient (Wildman–Crippen LogP) is 3.78. The van der Waals surface area contributed by atoms with E-state index in [9.17, 15) is 28.7 Å². The van der Waals surface area contributed by atoms with Gasteiger partial charge in [0.05, 0.1) is 28.9 Å². The molecule has 8 heteroatoms. The van der Waals surface area contributed by atoms with Crippen molar-refractivity contribution in [1.82, 2.24) is 4.90 Å². The molecule has 7 nitrogen and oxygen atoms in total. The lowest BCUT2D eigenvalue weighted by atomic mass is 9.51. The second-order valence-corrected chi connectivity index (χ2v) is 10.6. The van der Waals surface area contributed by atoms with Gasteiger partial charge in [0.1, 0.15) is 0 Å². The van der Waals surface area contributed by atoms with Gasteiger partial charge in [-0.05, 0) is 62.4 Å². The number of allylic oxidation sites excluding steroid dienone is 2. The summed E-state index contributed by atoms with van der Waals surface area (Å²) in [6.07, 6.45) is 2.53. The molecular weight excluding hydrogens is 475 g/mol. The summed E-state index contributed by atoms with van der Waals surface area (Å²) >= 11 is 0. The Kier molecular flexibility index (Phi) is 5.16. The van der Waals surface area contributed by atoms with Gasteiger partial charge in [0.15, 0.2) is 11.6 Å². The Morgan fingerprint density at radius 1 is 1.00 bits per heavy atom. The van der Waals surface area contributed by atoms with Crippen molar-refractivity contribution in [3.8, 4) is 5.75 Å². The first kappa shape index (κ1) is 23.6. The fourth-order valence-corrected chi connectivity index (χ4v) is 7.30. The number of amides is 4. The molecule has 190 valence electrons. The van der Waals surface area contributed by atoms with Gasteiger partial charge in [-0.3, -0.25) is 24.1 Å². The molecule has 2 saturated heterocycles. The second kappa shape index (κ2) is 8.10. The number of carbonyl (C=O) groups is 4. The molecule has 0 aromatic heterocycles. The maximum atomic E-state index is 14.6. The van der Waals surface area contributed by atoms with Crippen LogP contribution in [-0.2, 0) is 19.2 Å². The van der Waals surface area contributed by atoms with Crippen molar-refractivity contribution < 1.29 is 28.7 Å². The Labute approximate surface area is 213 Å². The van der Waals surface area contributed by atoms with E-state index in [4.69, 9.17) is 0 Å². The smallest absolute Gasteiger partial charge is 0.241 e. The van der Waals surface area contributed by atoms with Crippen LogP contribution < -0.4 is 4.90 Å². The second-order valence-electron chi connectivity index (χ2n) is 10.6. The summed E-state index contributed by atoms with van der Waals surface area (Å²) in [5.74, 6) is -5.52. The highest BCUT2D eigenvalue weighted by molar-refractivity contribution is 6.24. The molecular formula is C29H27FN2O5. The maximum Gasteiger partial charge on any atom is 0.241 e. The van der Waals surface area contributed by atoms with Crippen LogP contribution in [0.4, 0.5) is 10.1 Å². The summed E-state index contributed by atoms with van der Waals surface area (Å²) in [4.78, 5) is 56.9. The number of aromatic hydroxyl groups is 1. The van der Waals surface area contributed by atoms with Crippen LogP contribution >= 0.6 is 0 Å². The number of halogens is 1. The molecule has 2 aliphatic heterocycles. The maximum absolute atomic E-state index is 14.6. The monoisotopic (exact) mass is 502 g/mol. The fourth-order valence-electron chi connectivity index (χ4n) is 7.30. The number of likely N-dealkylation sites (tertiary alicyclic amines) is 1. The van der Waals surface area contributed by atoms with E-state index in [2.05, 4.69) is 0 Å². The van der Waals surface area contributed by atoms with Crippen molar-refractivity contribution in [3.63, 3.8) is 0 Å². The summed E-state index contributed by atoms with van der Waals surface area (Å²) in [5.41, 5.74) is 0.474. The van der Waals surface area contributed by atoms with E-state index < -0.39 is 46.6 Å². The SMILES string of the molecule is CCN1C(=O)C2CC=C3C(CC4C(=O)N(c5ccccc5)C(=O)C4(C)C3c3ccc(O)c(F)c3)C2C1=O. The molecule has 0 bridgehead atoms. The van der Waals surface area contributed by atoms with Crippen molar-refractivity contribution in [3.05, 3.63) is 71.6 Å². The molecule has 4 aliphatic rings. The number of nitrogens with zero attached hydrogens (tertiary/aromatic N) is 2. The molecule has 2 aliphatic carbocycles. The molecule has 6 atom stereocenters. The fraction of sp³-hybridized carbons (Fsp3) is 0.379. The van der Waals surface area contributed by atoms with Gasteiger partial charge in [-0.15, -0.1) is 0 Å². The van der Waals surface area contributed by atoms with Crippen molar-refractivity contribution >= 4 is 29.3 Å². The number of carbonyl (C=O) groups excluding carboxylic acids is 4. The van der Waals surface area contributed by atoms with Gasteiger partial charge in [-0.1, -0.05) is 35.9 Å². The van der Waals surface area contributed by atoms with Crippen LogP contribution in [0.1, 0.15) is 38.2 Å². The number of para-hydroxylation sites is 1. The normalized spacial score (nSPS) is 32.8. The third-order valence-corrected chi connectivity index (χ3v) is 9.00. The molecule has 2 aromatic carbocycles. The Balaban J connectivity index is 1.54. The van der Waals surface area contributed by atoms with Crippen molar-refractivity contribution in [2.24, 2.45) is 29.1 Å². The van der Waals surface area contributed by atoms with Crippen LogP contribution in [0.3, 0.4) is 0 Å². The van der Waals surface area contributed by atoms with E-state index in [1.165, 1.54) is 21.9 Å². The Morgan fingerprint density at radius 3 is 2.41 bits per heavy atom. The first-order valence-electron chi connectivity index (χ1n) is 12.7. The number of hydrogen-bond donors (Lipinski definition) is 1. The van der Waals surface area contributed by atoms with Gasteiger partial charge in [0.2, 0.25) is 23.6 Å². The van der Waals surface area contributed by atoms with Crippen LogP contribution in [0.25, 0.3) is 0 Å². The van der Waals surface area contributed by atoms with Gasteiger partial charge in [0, 0.05) is 12.5 Å². The Hall–Kier alpha value is -3.81. The Morgan fingerprint density at radius 2 is 1.73 bits per heavy atom. The van der Waals surface area contributed by atoms with E-state index in [1.54, 1.807) is 50.2 Å². The lowest BCUT2D eigenvalue weighted by molar-refractivity contribution is -0.140. The zero-order valence-corrected chi connectivity index (χ0v) is 20.6. The van der Waals surface area contributed by atoms with Gasteiger partial charge >= 0.3 is 0 Å². The average molecular weight is 503 g/mol. The number of phenolic OH excluding ortho intramolecular Hbond substituents is 1. The molecule has 3 fully saturated rings. The molecule has 0 spiro atoms. The number of hydrogen-bond acceptors (Lipinski definition) is 5. The minimum Gasteiger partial charge on any atom is -0.505 e. The standard InChI is InChI=1S/C29H27FN2O5/c1-3-31-25(34)18-11-10-17-19(23(18)27(31)36)14-20-26(35)32(16-7-5-4-6-8-16)28(37)29(20,2)24(17)15-9-12-22(33)21(30)13-15/h4-10,12-13,18-20,23-24,33H,3,11,14H2,1-2H3. The van der Waals surface area contributed by atoms with Crippen LogP contribution in [0.15, 0.2) is 60.2 Å². The predicted molar refractivity (Wildman–Crippen MR) is 132 cm³/mol. The largest absolute Gasteiger partial charge is 0.505 e. The average Bonchev–Trinajstić information content (AvgIpc) is 3.25. The summed E-state index contributed by atoms with van der Waals surface area (Å²) in [5, 5.41) is 9.85. The molecule has 37 heavy (non-hydrogen) atoms. The Bertz CT molecular complexity index is 1390. The molecule has 4 amide bonds. The third-order valence-electron chi connectivity index (χ3n) is 9.00. The van der Waals surface area contributed by atoms with Crippen molar-refractivity contribution in [2.45, 2.75) is 32.6 Å². The van der Waals surface area contributed by atoms with E-state index in [1.807, 2.05) is 6.08 Å². The summed E-state index contributed by atoms with van der Waals surface area (Å²) < 4.78 is 14.6. The minimum atomic E-state index is -1.23. The molecule has 6 unspecified atom stereocenters. The molecule has 2 heterocycles. The van der Waals surface area contributed by atoms with Crippen molar-refractivity contribution in [1.29, 1.82) is 0 Å². The third kappa shape index (κ3) is 3.04. The molecule has 1 N–H and O–H groups in total. The number of rotatable bonds is 3. The van der Waals surface area contributed by atoms with Crippen LogP contribution in [-0.4, -0.2) is 40.2 Å². The number of imide groups is 2. The summed E-state index contributed by atoms with van der Waals surface area (Å²) in [7, 11) is 0. The number of phenols is 1. The summed E-state index contributed by atoms with van der Waals surface area (Å²) in [6, 6.07) is 12.7. The zero-order valence-electron chi connectivity index (χ0n) is 20.6. The summed E-state index contributed by atoms with van der Waals surface area (Å²) in [6.45, 7) is 3.79. The van der Waals surface area contributed by atoms with Gasteiger partial charge in [-0.25, -0.2) is 9.29 Å². The zero-order chi connectivity index (χ0) is 26.2. The van der Waals surface area contributed by atoms with Crippen molar-refractivity contribution in [2.75, 3.05) is 11.4 Å². The highest BCUT2D eigenvalue weighted by atomic mass is 19.1. The molecule has 1 saturated carbocycles. The van der Waals surface area contributed by atoms with Gasteiger partial charge in [-0.2, -0.15) is 0 Å². The lowest BCUT2D eigenvalue weighted by Crippen LogP contribution is -2.48. The first-order valence-corrected chi connectivity index (χ1v) is 12.7. The van der Waals surface area contributed by atoms with Gasteiger partial charge < -0.3 is 5.11 Å². The van der Waals surface area contributed by atoms with Crippen LogP contribution in [0, 0.1) is 34.9 Å². The number of benzene rings is 2. The topological polar surface area (TPSA) is 95.0 Å². The highest BCUT2D eigenvalue weighted by Crippen LogP contribution is 2.63. The number of anilines is 1.